The van der Waals surface area contributed by atoms with E-state index in [1.165, 1.54) is 6.07 Å². The van der Waals surface area contributed by atoms with E-state index in [1.54, 1.807) is 23.5 Å². The van der Waals surface area contributed by atoms with Crippen LogP contribution in [-0.2, 0) is 6.42 Å². The zero-order valence-electron chi connectivity index (χ0n) is 10.3. The number of halogens is 3. The molecule has 3 aromatic rings. The molecule has 2 aromatic carbocycles. The van der Waals surface area contributed by atoms with Gasteiger partial charge in [-0.25, -0.2) is 9.37 Å². The van der Waals surface area contributed by atoms with Gasteiger partial charge in [0.25, 0.3) is 0 Å². The molecule has 0 radical (unpaired) electrons. The van der Waals surface area contributed by atoms with Gasteiger partial charge < -0.3 is 0 Å². The maximum Gasteiger partial charge on any atom is 0.137 e. The van der Waals surface area contributed by atoms with Crippen molar-refractivity contribution in [3.63, 3.8) is 0 Å². The van der Waals surface area contributed by atoms with E-state index in [-0.39, 0.29) is 11.2 Å². The Bertz CT molecular complexity index is 725. The van der Waals surface area contributed by atoms with Crippen LogP contribution in [0.3, 0.4) is 0 Å². The first-order valence-electron chi connectivity index (χ1n) is 6.07. The van der Waals surface area contributed by atoms with Crippen LogP contribution in [0.2, 0.25) is 0 Å². The fourth-order valence-electron chi connectivity index (χ4n) is 1.99. The van der Waals surface area contributed by atoms with Crippen molar-refractivity contribution in [2.45, 2.75) is 11.8 Å². The number of hydrogen-bond donors (Lipinski definition) is 0. The Kier molecular flexibility index (Phi) is 4.06. The number of alkyl halides is 1. The Morgan fingerprint density at radius 1 is 1.25 bits per heavy atom. The predicted molar refractivity (Wildman–Crippen MR) is 86.0 cm³/mol. The van der Waals surface area contributed by atoms with E-state index in [4.69, 9.17) is 11.6 Å². The van der Waals surface area contributed by atoms with Gasteiger partial charge in [-0.1, -0.05) is 18.2 Å². The van der Waals surface area contributed by atoms with Crippen LogP contribution in [0.25, 0.3) is 10.2 Å². The molecular weight excluding hydrogens is 361 g/mol. The third kappa shape index (κ3) is 2.87. The first kappa shape index (κ1) is 14.0. The first-order valence-corrected chi connectivity index (χ1v) is 8.11. The number of benzene rings is 2. The standard InChI is InChI=1S/C15H10BrClFNS/c16-10-7-9(5-6-12(10)18)11(17)8-15-19-13-3-1-2-4-14(13)20-15/h1-7,11H,8H2. The number of para-hydroxylation sites is 1. The maximum absolute atomic E-state index is 13.2. The van der Waals surface area contributed by atoms with Crippen LogP contribution < -0.4 is 0 Å². The minimum Gasteiger partial charge on any atom is -0.241 e. The lowest BCUT2D eigenvalue weighted by Gasteiger charge is -2.08. The molecule has 102 valence electrons. The van der Waals surface area contributed by atoms with Crippen molar-refractivity contribution < 1.29 is 4.39 Å². The predicted octanol–water partition coefficient (Wildman–Crippen LogP) is 5.72. The highest BCUT2D eigenvalue weighted by Gasteiger charge is 2.13. The zero-order valence-corrected chi connectivity index (χ0v) is 13.5. The van der Waals surface area contributed by atoms with Gasteiger partial charge in [0.2, 0.25) is 0 Å². The lowest BCUT2D eigenvalue weighted by atomic mass is 10.1. The van der Waals surface area contributed by atoms with Crippen LogP contribution in [0.4, 0.5) is 4.39 Å². The number of rotatable bonds is 3. The van der Waals surface area contributed by atoms with Gasteiger partial charge in [0, 0.05) is 6.42 Å². The van der Waals surface area contributed by atoms with Crippen molar-refractivity contribution in [2.75, 3.05) is 0 Å². The number of hydrogen-bond acceptors (Lipinski definition) is 2. The molecule has 0 N–H and O–H groups in total. The van der Waals surface area contributed by atoms with Gasteiger partial charge in [-0.15, -0.1) is 22.9 Å². The molecule has 0 aliphatic rings. The molecule has 0 aliphatic heterocycles. The van der Waals surface area contributed by atoms with Gasteiger partial charge in [0.05, 0.1) is 25.1 Å². The average molecular weight is 371 g/mol. The topological polar surface area (TPSA) is 12.9 Å². The smallest absolute Gasteiger partial charge is 0.137 e. The molecule has 1 atom stereocenters. The summed E-state index contributed by atoms with van der Waals surface area (Å²) in [7, 11) is 0. The van der Waals surface area contributed by atoms with Crippen molar-refractivity contribution in [1.82, 2.24) is 4.98 Å². The summed E-state index contributed by atoms with van der Waals surface area (Å²) in [5.74, 6) is -0.280. The highest BCUT2D eigenvalue weighted by atomic mass is 79.9. The summed E-state index contributed by atoms with van der Waals surface area (Å²) in [5, 5.41) is 0.777. The molecule has 3 rings (SSSR count). The molecule has 0 fully saturated rings. The summed E-state index contributed by atoms with van der Waals surface area (Å²) < 4.78 is 14.8. The molecule has 20 heavy (non-hydrogen) atoms. The summed E-state index contributed by atoms with van der Waals surface area (Å²) in [6.07, 6.45) is 0.638. The zero-order chi connectivity index (χ0) is 14.1. The van der Waals surface area contributed by atoms with Crippen molar-refractivity contribution in [2.24, 2.45) is 0 Å². The minimum absolute atomic E-state index is 0.215. The van der Waals surface area contributed by atoms with E-state index in [9.17, 15) is 4.39 Å². The molecule has 0 saturated carbocycles. The lowest BCUT2D eigenvalue weighted by Crippen LogP contribution is -1.96. The van der Waals surface area contributed by atoms with E-state index in [1.807, 2.05) is 24.3 Å². The van der Waals surface area contributed by atoms with E-state index >= 15 is 0 Å². The Morgan fingerprint density at radius 3 is 2.80 bits per heavy atom. The number of fused-ring (bicyclic) bond motifs is 1. The highest BCUT2D eigenvalue weighted by Crippen LogP contribution is 2.31. The molecule has 0 saturated heterocycles. The van der Waals surface area contributed by atoms with Crippen LogP contribution in [0.5, 0.6) is 0 Å². The van der Waals surface area contributed by atoms with Crippen LogP contribution >= 0.6 is 38.9 Å². The van der Waals surface area contributed by atoms with E-state index in [0.29, 0.717) is 10.9 Å². The van der Waals surface area contributed by atoms with Gasteiger partial charge >= 0.3 is 0 Å². The Hall–Kier alpha value is -0.970. The van der Waals surface area contributed by atoms with Gasteiger partial charge in [0.1, 0.15) is 5.82 Å². The van der Waals surface area contributed by atoms with E-state index in [0.717, 1.165) is 20.8 Å². The molecular formula is C15H10BrClFNS. The summed E-state index contributed by atoms with van der Waals surface area (Å²) in [6, 6.07) is 12.9. The first-order chi connectivity index (χ1) is 9.63. The third-order valence-corrected chi connectivity index (χ3v) is 5.07. The second kappa shape index (κ2) is 5.80. The Balaban J connectivity index is 1.84. The lowest BCUT2D eigenvalue weighted by molar-refractivity contribution is 0.620. The van der Waals surface area contributed by atoms with Crippen molar-refractivity contribution in [3.8, 4) is 0 Å². The molecule has 0 amide bonds. The van der Waals surface area contributed by atoms with Gasteiger partial charge in [-0.05, 0) is 45.8 Å². The molecule has 1 aromatic heterocycles. The molecule has 5 heteroatoms. The Labute approximate surface area is 133 Å². The fraction of sp³-hybridized carbons (Fsp3) is 0.133. The van der Waals surface area contributed by atoms with Crippen molar-refractivity contribution in [1.29, 1.82) is 0 Å². The highest BCUT2D eigenvalue weighted by molar-refractivity contribution is 9.10. The SMILES string of the molecule is Fc1ccc(C(Cl)Cc2nc3ccccc3s2)cc1Br. The summed E-state index contributed by atoms with van der Waals surface area (Å²) in [5.41, 5.74) is 1.89. The molecule has 1 heterocycles. The number of nitrogens with zero attached hydrogens (tertiary/aromatic N) is 1. The van der Waals surface area contributed by atoms with Gasteiger partial charge in [-0.3, -0.25) is 0 Å². The second-order valence-corrected chi connectivity index (χ2v) is 6.92. The third-order valence-electron chi connectivity index (χ3n) is 3.00. The minimum atomic E-state index is -0.280. The number of aromatic nitrogens is 1. The van der Waals surface area contributed by atoms with Gasteiger partial charge in [0.15, 0.2) is 0 Å². The van der Waals surface area contributed by atoms with Crippen LogP contribution in [-0.4, -0.2) is 4.98 Å². The molecule has 1 nitrogen and oxygen atoms in total. The largest absolute Gasteiger partial charge is 0.241 e. The van der Waals surface area contributed by atoms with Crippen LogP contribution in [0, 0.1) is 5.82 Å². The summed E-state index contributed by atoms with van der Waals surface area (Å²) >= 11 is 11.2. The summed E-state index contributed by atoms with van der Waals surface area (Å²) in [4.78, 5) is 4.57. The molecule has 0 aliphatic carbocycles. The second-order valence-electron chi connectivity index (χ2n) is 4.42. The monoisotopic (exact) mass is 369 g/mol. The quantitative estimate of drug-likeness (QED) is 0.537. The molecule has 0 bridgehead atoms. The van der Waals surface area contributed by atoms with E-state index < -0.39 is 0 Å². The number of thiazole rings is 1. The normalized spacial score (nSPS) is 12.8. The Morgan fingerprint density at radius 2 is 2.05 bits per heavy atom. The average Bonchev–Trinajstić information content (AvgIpc) is 2.83. The van der Waals surface area contributed by atoms with Crippen molar-refractivity contribution >= 4 is 49.1 Å². The summed E-state index contributed by atoms with van der Waals surface area (Å²) in [6.45, 7) is 0. The maximum atomic E-state index is 13.2. The van der Waals surface area contributed by atoms with Crippen LogP contribution in [0.15, 0.2) is 46.9 Å². The van der Waals surface area contributed by atoms with Crippen LogP contribution in [0.1, 0.15) is 15.9 Å². The van der Waals surface area contributed by atoms with E-state index in [2.05, 4.69) is 20.9 Å². The molecule has 1 unspecified atom stereocenters. The molecule has 0 spiro atoms. The van der Waals surface area contributed by atoms with Crippen molar-refractivity contribution in [3.05, 3.63) is 63.3 Å². The fourth-order valence-corrected chi connectivity index (χ4v) is 3.77. The van der Waals surface area contributed by atoms with Gasteiger partial charge in [-0.2, -0.15) is 0 Å².